The lowest BCUT2D eigenvalue weighted by molar-refractivity contribution is 0.363. The number of aromatic nitrogens is 4. The standard InChI is InChI=1S/C33H30N4O5S/c1-22-29(32(38)36(34-22)25-14-6-3-7-15-25)31(30-23(2)35-37(33(30)39)26-16-8-4-9-17-26)24-13-12-18-27(21-24)42-43(40,41)28-19-10-5-11-20-28/h3-20,24,31,34-35H,21H2,1-2H3/t24-/m0/s1. The van der Waals surface area contributed by atoms with Crippen molar-refractivity contribution in [2.45, 2.75) is 31.1 Å². The maximum Gasteiger partial charge on any atom is 0.338 e. The predicted octanol–water partition coefficient (Wildman–Crippen LogP) is 5.26. The number of para-hydroxylation sites is 2. The van der Waals surface area contributed by atoms with Crippen molar-refractivity contribution >= 4 is 10.1 Å². The van der Waals surface area contributed by atoms with Gasteiger partial charge in [0, 0.05) is 34.9 Å². The normalized spacial score (nSPS) is 15.0. The highest BCUT2D eigenvalue weighted by molar-refractivity contribution is 7.86. The molecular weight excluding hydrogens is 564 g/mol. The zero-order valence-electron chi connectivity index (χ0n) is 23.6. The molecule has 1 atom stereocenters. The fourth-order valence-corrected chi connectivity index (χ4v) is 6.67. The number of nitrogens with one attached hydrogen (secondary N) is 2. The Balaban J connectivity index is 1.47. The minimum absolute atomic E-state index is 0.0398. The van der Waals surface area contributed by atoms with Crippen molar-refractivity contribution in [3.63, 3.8) is 0 Å². The maximum absolute atomic E-state index is 14.1. The predicted molar refractivity (Wildman–Crippen MR) is 164 cm³/mol. The second kappa shape index (κ2) is 11.3. The summed E-state index contributed by atoms with van der Waals surface area (Å²) in [6.45, 7) is 3.61. The summed E-state index contributed by atoms with van der Waals surface area (Å²) in [4.78, 5) is 28.2. The van der Waals surface area contributed by atoms with Gasteiger partial charge in [0.05, 0.1) is 11.4 Å². The van der Waals surface area contributed by atoms with E-state index < -0.39 is 22.0 Å². The summed E-state index contributed by atoms with van der Waals surface area (Å²) < 4.78 is 34.6. The molecule has 1 aliphatic rings. The van der Waals surface area contributed by atoms with E-state index >= 15 is 0 Å². The van der Waals surface area contributed by atoms with E-state index in [-0.39, 0.29) is 28.2 Å². The second-order valence-corrected chi connectivity index (χ2v) is 12.0. The van der Waals surface area contributed by atoms with Crippen LogP contribution in [0.25, 0.3) is 11.4 Å². The zero-order chi connectivity index (χ0) is 30.1. The lowest BCUT2D eigenvalue weighted by Gasteiger charge is -2.26. The van der Waals surface area contributed by atoms with Crippen molar-refractivity contribution in [3.8, 4) is 11.4 Å². The highest BCUT2D eigenvalue weighted by Crippen LogP contribution is 2.39. The molecule has 0 saturated heterocycles. The SMILES string of the molecule is Cc1[nH]n(-c2ccccc2)c(=O)c1C(c1c(C)[nH]n(-c2ccccc2)c1=O)[C@H]1C=CC=C(OS(=O)(=O)c2ccccc2)C1. The van der Waals surface area contributed by atoms with Crippen LogP contribution in [0.5, 0.6) is 0 Å². The summed E-state index contributed by atoms with van der Waals surface area (Å²) in [7, 11) is -4.08. The lowest BCUT2D eigenvalue weighted by atomic mass is 9.77. The molecule has 5 aromatic rings. The van der Waals surface area contributed by atoms with Gasteiger partial charge in [0.2, 0.25) is 0 Å². The molecule has 3 aromatic carbocycles. The molecule has 0 spiro atoms. The number of benzene rings is 3. The molecule has 0 amide bonds. The van der Waals surface area contributed by atoms with Gasteiger partial charge in [-0.25, -0.2) is 9.36 Å². The number of nitrogens with zero attached hydrogens (tertiary/aromatic N) is 2. The Morgan fingerprint density at radius 2 is 1.21 bits per heavy atom. The van der Waals surface area contributed by atoms with Crippen LogP contribution in [0.1, 0.15) is 34.9 Å². The van der Waals surface area contributed by atoms with Crippen LogP contribution >= 0.6 is 0 Å². The molecule has 0 unspecified atom stereocenters. The molecule has 0 aliphatic heterocycles. The number of H-pyrrole nitrogens is 2. The molecule has 218 valence electrons. The van der Waals surface area contributed by atoms with Crippen LogP contribution in [0.3, 0.4) is 0 Å². The Morgan fingerprint density at radius 3 is 1.70 bits per heavy atom. The number of hydrogen-bond donors (Lipinski definition) is 2. The average Bonchev–Trinajstić information content (AvgIpc) is 3.48. The van der Waals surface area contributed by atoms with Gasteiger partial charge in [0.15, 0.2) is 0 Å². The highest BCUT2D eigenvalue weighted by atomic mass is 32.2. The molecule has 2 aromatic heterocycles. The molecule has 43 heavy (non-hydrogen) atoms. The third kappa shape index (κ3) is 5.32. The largest absolute Gasteiger partial charge is 0.383 e. The second-order valence-electron chi connectivity index (χ2n) is 10.5. The van der Waals surface area contributed by atoms with Crippen LogP contribution in [-0.4, -0.2) is 28.0 Å². The Bertz CT molecular complexity index is 1950. The van der Waals surface area contributed by atoms with E-state index in [9.17, 15) is 18.0 Å². The molecule has 0 fully saturated rings. The van der Waals surface area contributed by atoms with E-state index in [4.69, 9.17) is 4.18 Å². The quantitative estimate of drug-likeness (QED) is 0.238. The van der Waals surface area contributed by atoms with Crippen LogP contribution < -0.4 is 11.1 Å². The van der Waals surface area contributed by atoms with Crippen molar-refractivity contribution in [2.24, 2.45) is 5.92 Å². The van der Waals surface area contributed by atoms with Gasteiger partial charge in [-0.1, -0.05) is 66.7 Å². The van der Waals surface area contributed by atoms with Gasteiger partial charge in [-0.2, -0.15) is 8.42 Å². The van der Waals surface area contributed by atoms with Crippen LogP contribution in [0, 0.1) is 19.8 Å². The summed E-state index contributed by atoms with van der Waals surface area (Å²) in [6.07, 6.45) is 5.36. The van der Waals surface area contributed by atoms with E-state index in [0.29, 0.717) is 33.9 Å². The summed E-state index contributed by atoms with van der Waals surface area (Å²) in [5.74, 6) is -0.969. The number of rotatable bonds is 8. The summed E-state index contributed by atoms with van der Waals surface area (Å²) in [5.41, 5.74) is 2.79. The van der Waals surface area contributed by atoms with E-state index in [2.05, 4.69) is 10.2 Å². The number of aromatic amines is 2. The molecule has 1 aliphatic carbocycles. The van der Waals surface area contributed by atoms with Gasteiger partial charge in [0.25, 0.3) is 11.1 Å². The molecule has 9 nitrogen and oxygen atoms in total. The molecule has 6 rings (SSSR count). The van der Waals surface area contributed by atoms with Gasteiger partial charge >= 0.3 is 10.1 Å². The number of allylic oxidation sites excluding steroid dienone is 4. The van der Waals surface area contributed by atoms with Gasteiger partial charge < -0.3 is 4.18 Å². The van der Waals surface area contributed by atoms with Crippen LogP contribution in [0.15, 0.2) is 129 Å². The van der Waals surface area contributed by atoms with Crippen molar-refractivity contribution in [3.05, 3.63) is 158 Å². The van der Waals surface area contributed by atoms with Crippen molar-refractivity contribution < 1.29 is 12.6 Å². The van der Waals surface area contributed by atoms with Crippen molar-refractivity contribution in [2.75, 3.05) is 0 Å². The van der Waals surface area contributed by atoms with Crippen LogP contribution in [0.4, 0.5) is 0 Å². The first-order valence-corrected chi connectivity index (χ1v) is 15.3. The minimum Gasteiger partial charge on any atom is -0.383 e. The van der Waals surface area contributed by atoms with Crippen LogP contribution in [0.2, 0.25) is 0 Å². The molecule has 2 N–H and O–H groups in total. The summed E-state index contributed by atoms with van der Waals surface area (Å²) >= 11 is 0. The lowest BCUT2D eigenvalue weighted by Crippen LogP contribution is -2.29. The van der Waals surface area contributed by atoms with Gasteiger partial charge in [0.1, 0.15) is 10.7 Å². The average molecular weight is 595 g/mol. The number of hydrogen-bond acceptors (Lipinski definition) is 5. The Morgan fingerprint density at radius 1 is 0.744 bits per heavy atom. The maximum atomic E-state index is 14.1. The Kier molecular flexibility index (Phi) is 7.37. The summed E-state index contributed by atoms with van der Waals surface area (Å²) in [6, 6.07) is 26.3. The van der Waals surface area contributed by atoms with E-state index in [1.165, 1.54) is 21.5 Å². The number of aryl methyl sites for hydroxylation is 2. The van der Waals surface area contributed by atoms with E-state index in [1.54, 1.807) is 44.2 Å². The molecule has 2 heterocycles. The van der Waals surface area contributed by atoms with Gasteiger partial charge in [-0.05, 0) is 62.2 Å². The fourth-order valence-electron chi connectivity index (χ4n) is 5.68. The van der Waals surface area contributed by atoms with Crippen molar-refractivity contribution in [1.29, 1.82) is 0 Å². The van der Waals surface area contributed by atoms with Gasteiger partial charge in [-0.3, -0.25) is 19.8 Å². The van der Waals surface area contributed by atoms with Crippen LogP contribution in [-0.2, 0) is 14.3 Å². The van der Waals surface area contributed by atoms with Gasteiger partial charge in [-0.15, -0.1) is 0 Å². The third-order valence-electron chi connectivity index (χ3n) is 7.64. The molecule has 0 radical (unpaired) electrons. The third-order valence-corrected chi connectivity index (χ3v) is 8.92. The van der Waals surface area contributed by atoms with E-state index in [0.717, 1.165) is 0 Å². The van der Waals surface area contributed by atoms with Crippen molar-refractivity contribution in [1.82, 2.24) is 19.6 Å². The smallest absolute Gasteiger partial charge is 0.338 e. The highest BCUT2D eigenvalue weighted by Gasteiger charge is 2.36. The van der Waals surface area contributed by atoms with E-state index in [1.807, 2.05) is 66.7 Å². The molecule has 10 heteroatoms. The Hall–Kier alpha value is -5.09. The first-order chi connectivity index (χ1) is 20.7. The monoisotopic (exact) mass is 594 g/mol. The zero-order valence-corrected chi connectivity index (χ0v) is 24.4. The fraction of sp³-hybridized carbons (Fsp3) is 0.152. The molecule has 0 saturated carbocycles. The Labute approximate surface area is 248 Å². The molecule has 0 bridgehead atoms. The topological polar surface area (TPSA) is 119 Å². The molecular formula is C33H30N4O5S. The first kappa shape index (κ1) is 28.0. The minimum atomic E-state index is -4.08. The summed E-state index contributed by atoms with van der Waals surface area (Å²) in [5, 5.41) is 6.37. The first-order valence-electron chi connectivity index (χ1n) is 13.9.